The topological polar surface area (TPSA) is 65.9 Å². The van der Waals surface area contributed by atoms with Crippen molar-refractivity contribution in [3.05, 3.63) is 83.3 Å². The van der Waals surface area contributed by atoms with Gasteiger partial charge in [-0.1, -0.05) is 49.4 Å². The summed E-state index contributed by atoms with van der Waals surface area (Å²) in [5, 5.41) is 9.89. The van der Waals surface area contributed by atoms with Crippen LogP contribution in [0, 0.1) is 18.7 Å². The van der Waals surface area contributed by atoms with Crippen molar-refractivity contribution in [2.24, 2.45) is 5.92 Å². The van der Waals surface area contributed by atoms with Gasteiger partial charge < -0.3 is 14.7 Å². The molecule has 0 spiro atoms. The lowest BCUT2D eigenvalue weighted by molar-refractivity contribution is 0.0324. The molecule has 0 aliphatic carbocycles. The van der Waals surface area contributed by atoms with Gasteiger partial charge in [0.25, 0.3) is 5.91 Å². The monoisotopic (exact) mass is 491 g/mol. The van der Waals surface area contributed by atoms with Crippen LogP contribution in [0.5, 0.6) is 5.88 Å². The maximum absolute atomic E-state index is 14.2. The molecule has 2 heterocycles. The Balaban J connectivity index is 1.67. The summed E-state index contributed by atoms with van der Waals surface area (Å²) in [5.41, 5.74) is 3.91. The zero-order valence-corrected chi connectivity index (χ0v) is 21.3. The number of carbonyl (C=O) groups excluding carboxylic acids is 1. The Labute approximate surface area is 212 Å². The number of carbonyl (C=O) groups is 1. The first-order valence-corrected chi connectivity index (χ1v) is 12.3. The van der Waals surface area contributed by atoms with Crippen molar-refractivity contribution in [3.8, 4) is 17.0 Å². The fourth-order valence-corrected chi connectivity index (χ4v) is 4.65. The lowest BCUT2D eigenvalue weighted by atomic mass is 9.98. The van der Waals surface area contributed by atoms with Crippen LogP contribution >= 0.6 is 0 Å². The number of hydrogen-bond donors (Lipinski definition) is 1. The molecule has 1 aliphatic rings. The number of benzene rings is 2. The van der Waals surface area contributed by atoms with Crippen molar-refractivity contribution >= 4 is 5.91 Å². The van der Waals surface area contributed by atoms with Crippen molar-refractivity contribution in [1.82, 2.24) is 14.8 Å². The number of nitrogens with zero attached hydrogens (tertiary/aromatic N) is 3. The van der Waals surface area contributed by atoms with E-state index >= 15 is 0 Å². The molecule has 0 fully saturated rings. The van der Waals surface area contributed by atoms with Crippen LogP contribution in [0.2, 0.25) is 0 Å². The van der Waals surface area contributed by atoms with Gasteiger partial charge in [0.2, 0.25) is 5.88 Å². The predicted octanol–water partition coefficient (Wildman–Crippen LogP) is 4.55. The number of halogens is 1. The van der Waals surface area contributed by atoms with E-state index in [1.807, 2.05) is 69.1 Å². The van der Waals surface area contributed by atoms with E-state index < -0.39 is 0 Å². The molecule has 190 valence electrons. The Kier molecular flexibility index (Phi) is 8.01. The first-order valence-electron chi connectivity index (χ1n) is 12.3. The lowest BCUT2D eigenvalue weighted by Gasteiger charge is -2.37. The second-order valence-electron chi connectivity index (χ2n) is 9.80. The van der Waals surface area contributed by atoms with Gasteiger partial charge in [0, 0.05) is 42.9 Å². The fourth-order valence-electron chi connectivity index (χ4n) is 4.65. The van der Waals surface area contributed by atoms with Gasteiger partial charge in [0.05, 0.1) is 12.6 Å². The molecule has 1 N–H and O–H groups in total. The van der Waals surface area contributed by atoms with Crippen LogP contribution in [-0.4, -0.2) is 64.7 Å². The summed E-state index contributed by atoms with van der Waals surface area (Å²) < 4.78 is 20.6. The van der Waals surface area contributed by atoms with Crippen LogP contribution in [0.3, 0.4) is 0 Å². The highest BCUT2D eigenvalue weighted by molar-refractivity contribution is 5.98. The van der Waals surface area contributed by atoms with Gasteiger partial charge in [-0.3, -0.25) is 9.69 Å². The van der Waals surface area contributed by atoms with E-state index in [0.717, 1.165) is 16.7 Å². The Bertz CT molecular complexity index is 1220. The largest absolute Gasteiger partial charge is 0.472 e. The van der Waals surface area contributed by atoms with E-state index in [0.29, 0.717) is 30.8 Å². The molecule has 0 radical (unpaired) electrons. The average molecular weight is 492 g/mol. The molecule has 3 aromatic rings. The minimum absolute atomic E-state index is 0.0444. The van der Waals surface area contributed by atoms with E-state index in [1.165, 1.54) is 6.07 Å². The van der Waals surface area contributed by atoms with Crippen molar-refractivity contribution in [2.75, 3.05) is 26.7 Å². The molecule has 1 aromatic heterocycles. The van der Waals surface area contributed by atoms with Crippen LogP contribution in [0.25, 0.3) is 11.1 Å². The van der Waals surface area contributed by atoms with Crippen molar-refractivity contribution < 1.29 is 19.0 Å². The molecule has 0 unspecified atom stereocenters. The molecule has 2 aromatic carbocycles. The van der Waals surface area contributed by atoms with Crippen LogP contribution in [0.1, 0.15) is 35.3 Å². The molecule has 3 atom stereocenters. The van der Waals surface area contributed by atoms with Gasteiger partial charge in [0.15, 0.2) is 0 Å². The average Bonchev–Trinajstić information content (AvgIpc) is 2.87. The lowest BCUT2D eigenvalue weighted by Crippen LogP contribution is -2.49. The summed E-state index contributed by atoms with van der Waals surface area (Å²) in [4.78, 5) is 22.0. The molecule has 4 rings (SSSR count). The van der Waals surface area contributed by atoms with Gasteiger partial charge in [-0.25, -0.2) is 9.37 Å². The summed E-state index contributed by atoms with van der Waals surface area (Å²) in [7, 11) is 1.93. The number of pyridine rings is 1. The van der Waals surface area contributed by atoms with Crippen LogP contribution in [-0.2, 0) is 6.54 Å². The summed E-state index contributed by atoms with van der Waals surface area (Å²) in [6.07, 6.45) is 1.44. The van der Waals surface area contributed by atoms with Crippen LogP contribution in [0.15, 0.2) is 60.8 Å². The first-order chi connectivity index (χ1) is 17.3. The summed E-state index contributed by atoms with van der Waals surface area (Å²) in [6, 6.07) is 16.2. The first kappa shape index (κ1) is 25.8. The molecular formula is C29H34FN3O3. The van der Waals surface area contributed by atoms with Gasteiger partial charge in [0.1, 0.15) is 17.5 Å². The number of aromatic nitrogens is 1. The van der Waals surface area contributed by atoms with E-state index in [2.05, 4.69) is 4.98 Å². The van der Waals surface area contributed by atoms with Crippen LogP contribution < -0.4 is 4.74 Å². The molecule has 0 saturated heterocycles. The second kappa shape index (κ2) is 11.2. The Morgan fingerprint density at radius 3 is 2.64 bits per heavy atom. The van der Waals surface area contributed by atoms with Crippen molar-refractivity contribution in [3.63, 3.8) is 0 Å². The summed E-state index contributed by atoms with van der Waals surface area (Å²) >= 11 is 0. The normalized spacial score (nSPS) is 18.9. The number of ether oxygens (including phenoxy) is 1. The highest BCUT2D eigenvalue weighted by Crippen LogP contribution is 2.31. The third-order valence-electron chi connectivity index (χ3n) is 6.87. The van der Waals surface area contributed by atoms with Crippen LogP contribution in [0.4, 0.5) is 4.39 Å². The number of hydrogen-bond acceptors (Lipinski definition) is 5. The molecule has 1 aliphatic heterocycles. The van der Waals surface area contributed by atoms with E-state index in [1.54, 1.807) is 23.2 Å². The van der Waals surface area contributed by atoms with Gasteiger partial charge in [-0.2, -0.15) is 0 Å². The fraction of sp³-hybridized carbons (Fsp3) is 0.379. The number of rotatable bonds is 7. The minimum Gasteiger partial charge on any atom is -0.472 e. The Morgan fingerprint density at radius 2 is 1.92 bits per heavy atom. The highest BCUT2D eigenvalue weighted by atomic mass is 19.1. The van der Waals surface area contributed by atoms with E-state index in [-0.39, 0.29) is 42.3 Å². The number of aryl methyl sites for hydroxylation is 1. The maximum atomic E-state index is 14.2. The summed E-state index contributed by atoms with van der Waals surface area (Å²) in [5.74, 6) is -0.208. The molecule has 36 heavy (non-hydrogen) atoms. The molecule has 0 bridgehead atoms. The number of fused-ring (bicyclic) bond motifs is 1. The number of amides is 1. The standard InChI is InChI=1S/C29H34FN3O3/c1-19-9-5-7-11-24(19)23-13-25-28(31-14-23)36-27(20(2)15-33(29(25)35)21(3)18-34)17-32(4)16-22-10-6-8-12-26(22)30/h5-14,20-21,27,34H,15-18H2,1-4H3/t20-,21+,27+/m0/s1. The minimum atomic E-state index is -0.357. The third kappa shape index (κ3) is 5.58. The molecule has 7 heteroatoms. The SMILES string of the molecule is Cc1ccccc1-c1cnc2c(c1)C(=O)N([C@H](C)CO)C[C@H](C)[C@@H](CN(C)Cc1ccccc1F)O2. The van der Waals surface area contributed by atoms with Gasteiger partial charge in [-0.15, -0.1) is 0 Å². The second-order valence-corrected chi connectivity index (χ2v) is 9.80. The van der Waals surface area contributed by atoms with E-state index in [9.17, 15) is 14.3 Å². The number of aliphatic hydroxyl groups excluding tert-OH is 1. The molecular weight excluding hydrogens is 457 g/mol. The van der Waals surface area contributed by atoms with Gasteiger partial charge >= 0.3 is 0 Å². The smallest absolute Gasteiger partial charge is 0.259 e. The summed E-state index contributed by atoms with van der Waals surface area (Å²) in [6.45, 7) is 7.12. The number of likely N-dealkylation sites (N-methyl/N-ethyl adjacent to an activating group) is 1. The van der Waals surface area contributed by atoms with E-state index in [4.69, 9.17) is 4.74 Å². The molecule has 6 nitrogen and oxygen atoms in total. The quantitative estimate of drug-likeness (QED) is 0.525. The molecule has 1 amide bonds. The predicted molar refractivity (Wildman–Crippen MR) is 138 cm³/mol. The van der Waals surface area contributed by atoms with Crippen molar-refractivity contribution in [1.29, 1.82) is 0 Å². The zero-order chi connectivity index (χ0) is 25.8. The highest BCUT2D eigenvalue weighted by Gasteiger charge is 2.34. The van der Waals surface area contributed by atoms with Gasteiger partial charge in [-0.05, 0) is 44.2 Å². The zero-order valence-electron chi connectivity index (χ0n) is 21.3. The molecule has 0 saturated carbocycles. The number of aliphatic hydroxyl groups is 1. The Hall–Kier alpha value is -3.29. The third-order valence-corrected chi connectivity index (χ3v) is 6.87. The maximum Gasteiger partial charge on any atom is 0.259 e. The Morgan fingerprint density at radius 1 is 1.19 bits per heavy atom. The van der Waals surface area contributed by atoms with Crippen molar-refractivity contribution in [2.45, 2.75) is 39.5 Å².